The molecule has 1 saturated carbocycles. The Morgan fingerprint density at radius 3 is 2.38 bits per heavy atom. The number of ether oxygens (including phenoxy) is 1. The first-order valence-electron chi connectivity index (χ1n) is 9.29. The van der Waals surface area contributed by atoms with Gasteiger partial charge in [-0.25, -0.2) is 0 Å². The maximum Gasteiger partial charge on any atom is 0.191 e. The molecular weight excluding hydrogens is 417 g/mol. The molecule has 0 bridgehead atoms. The van der Waals surface area contributed by atoms with Crippen LogP contribution in [0.25, 0.3) is 0 Å². The minimum absolute atomic E-state index is 0. The molecule has 1 aliphatic rings. The van der Waals surface area contributed by atoms with Crippen LogP contribution in [0.1, 0.15) is 59.8 Å². The third-order valence-corrected chi connectivity index (χ3v) is 4.60. The lowest BCUT2D eigenvalue weighted by atomic mass is 9.84. The number of nitrogens with one attached hydrogen (secondary N) is 2. The lowest BCUT2D eigenvalue weighted by Gasteiger charge is -2.26. The van der Waals surface area contributed by atoms with E-state index >= 15 is 0 Å². The Bertz CT molecular complexity index is 345. The van der Waals surface area contributed by atoms with E-state index in [0.717, 1.165) is 19.0 Å². The van der Waals surface area contributed by atoms with Crippen molar-refractivity contribution in [3.05, 3.63) is 0 Å². The van der Waals surface area contributed by atoms with Gasteiger partial charge in [-0.3, -0.25) is 4.99 Å². The molecule has 5 nitrogen and oxygen atoms in total. The van der Waals surface area contributed by atoms with Crippen LogP contribution < -0.4 is 10.6 Å². The molecule has 0 saturated heterocycles. The first-order chi connectivity index (χ1) is 11.0. The van der Waals surface area contributed by atoms with Gasteiger partial charge in [-0.2, -0.15) is 0 Å². The number of aliphatic hydroxyl groups excluding tert-OH is 1. The highest BCUT2D eigenvalue weighted by Crippen LogP contribution is 2.41. The maximum atomic E-state index is 9.99. The minimum Gasteiger partial charge on any atom is -0.389 e. The van der Waals surface area contributed by atoms with Crippen LogP contribution in [0.3, 0.4) is 0 Å². The monoisotopic (exact) mass is 455 g/mol. The quantitative estimate of drug-likeness (QED) is 0.269. The predicted octanol–water partition coefficient (Wildman–Crippen LogP) is 3.16. The first kappa shape index (κ1) is 23.9. The second-order valence-corrected chi connectivity index (χ2v) is 7.22. The summed E-state index contributed by atoms with van der Waals surface area (Å²) < 4.78 is 5.47. The van der Waals surface area contributed by atoms with Gasteiger partial charge in [-0.05, 0) is 37.5 Å². The standard InChI is InChI=1S/C18H37N3O2.HI/c1-5-18(9-7-8-10-18)14-21-17(19-6-2)20-11-16(22)13-23-12-15(3)4;/h15-16,22H,5-14H2,1-4H3,(H2,19,20,21);1H. The average Bonchev–Trinajstić information content (AvgIpc) is 2.99. The Kier molecular flexibility index (Phi) is 13.1. The van der Waals surface area contributed by atoms with Gasteiger partial charge in [0.05, 0.1) is 12.7 Å². The van der Waals surface area contributed by atoms with Crippen LogP contribution >= 0.6 is 24.0 Å². The van der Waals surface area contributed by atoms with E-state index in [4.69, 9.17) is 9.73 Å². The fourth-order valence-corrected chi connectivity index (χ4v) is 3.05. The zero-order valence-corrected chi connectivity index (χ0v) is 18.3. The summed E-state index contributed by atoms with van der Waals surface area (Å²) in [6, 6.07) is 0. The number of guanidine groups is 1. The number of rotatable bonds is 10. The first-order valence-corrected chi connectivity index (χ1v) is 9.29. The Morgan fingerprint density at radius 2 is 1.83 bits per heavy atom. The summed E-state index contributed by atoms with van der Waals surface area (Å²) in [4.78, 5) is 4.76. The summed E-state index contributed by atoms with van der Waals surface area (Å²) in [5.41, 5.74) is 0.390. The summed E-state index contributed by atoms with van der Waals surface area (Å²) in [6.45, 7) is 11.8. The van der Waals surface area contributed by atoms with Crippen molar-refractivity contribution in [2.24, 2.45) is 16.3 Å². The Morgan fingerprint density at radius 1 is 1.17 bits per heavy atom. The van der Waals surface area contributed by atoms with Crippen molar-refractivity contribution in [1.29, 1.82) is 0 Å². The van der Waals surface area contributed by atoms with E-state index in [1.807, 2.05) is 0 Å². The molecule has 0 radical (unpaired) electrons. The molecule has 0 aromatic carbocycles. The van der Waals surface area contributed by atoms with Gasteiger partial charge in [0.15, 0.2) is 5.96 Å². The van der Waals surface area contributed by atoms with Gasteiger partial charge in [0, 0.05) is 26.2 Å². The van der Waals surface area contributed by atoms with Gasteiger partial charge < -0.3 is 20.5 Å². The molecule has 1 rings (SSSR count). The Balaban J connectivity index is 0.00000529. The third-order valence-electron chi connectivity index (χ3n) is 4.60. The number of aliphatic imine (C=N–C) groups is 1. The summed E-state index contributed by atoms with van der Waals surface area (Å²) in [5, 5.41) is 16.5. The van der Waals surface area contributed by atoms with Crippen LogP contribution in [0.2, 0.25) is 0 Å². The molecule has 0 aromatic heterocycles. The predicted molar refractivity (Wildman–Crippen MR) is 112 cm³/mol. The van der Waals surface area contributed by atoms with Crippen molar-refractivity contribution in [1.82, 2.24) is 10.6 Å². The lowest BCUT2D eigenvalue weighted by molar-refractivity contribution is 0.0280. The SMILES string of the molecule is CCNC(=NCC1(CC)CCCC1)NCC(O)COCC(C)C.I. The number of hydrogen-bond donors (Lipinski definition) is 3. The highest BCUT2D eigenvalue weighted by atomic mass is 127. The number of hydrogen-bond acceptors (Lipinski definition) is 3. The van der Waals surface area contributed by atoms with Crippen LogP contribution in [0.4, 0.5) is 0 Å². The molecule has 1 aliphatic carbocycles. The summed E-state index contributed by atoms with van der Waals surface area (Å²) in [5.74, 6) is 1.29. The van der Waals surface area contributed by atoms with Crippen molar-refractivity contribution in [2.45, 2.75) is 65.9 Å². The summed E-state index contributed by atoms with van der Waals surface area (Å²) >= 11 is 0. The van der Waals surface area contributed by atoms with Gasteiger partial charge in [0.25, 0.3) is 0 Å². The second-order valence-electron chi connectivity index (χ2n) is 7.22. The van der Waals surface area contributed by atoms with Crippen molar-refractivity contribution < 1.29 is 9.84 Å². The largest absolute Gasteiger partial charge is 0.389 e. The summed E-state index contributed by atoms with van der Waals surface area (Å²) in [7, 11) is 0. The van der Waals surface area contributed by atoms with E-state index in [0.29, 0.717) is 31.1 Å². The Hall–Kier alpha value is -0.0800. The molecule has 6 heteroatoms. The molecule has 1 fully saturated rings. The highest BCUT2D eigenvalue weighted by Gasteiger charge is 2.31. The number of halogens is 1. The average molecular weight is 455 g/mol. The minimum atomic E-state index is -0.510. The van der Waals surface area contributed by atoms with Gasteiger partial charge in [-0.1, -0.05) is 33.6 Å². The van der Waals surface area contributed by atoms with E-state index < -0.39 is 6.10 Å². The second kappa shape index (κ2) is 13.2. The van der Waals surface area contributed by atoms with E-state index in [1.165, 1.54) is 32.1 Å². The van der Waals surface area contributed by atoms with Crippen LogP contribution in [0, 0.1) is 11.3 Å². The topological polar surface area (TPSA) is 65.9 Å². The molecule has 0 aromatic rings. The van der Waals surface area contributed by atoms with Gasteiger partial charge in [0.2, 0.25) is 0 Å². The van der Waals surface area contributed by atoms with Gasteiger partial charge in [-0.15, -0.1) is 24.0 Å². The normalized spacial score (nSPS) is 18.3. The van der Waals surface area contributed by atoms with Crippen LogP contribution in [0.5, 0.6) is 0 Å². The molecule has 144 valence electrons. The van der Waals surface area contributed by atoms with Crippen LogP contribution in [-0.4, -0.2) is 50.0 Å². The molecule has 0 aliphatic heterocycles. The van der Waals surface area contributed by atoms with Gasteiger partial charge >= 0.3 is 0 Å². The lowest BCUT2D eigenvalue weighted by Crippen LogP contribution is -2.43. The highest BCUT2D eigenvalue weighted by molar-refractivity contribution is 14.0. The molecular formula is C18H38IN3O2. The van der Waals surface area contributed by atoms with Crippen molar-refractivity contribution in [2.75, 3.05) is 32.8 Å². The van der Waals surface area contributed by atoms with Gasteiger partial charge in [0.1, 0.15) is 0 Å². The number of aliphatic hydroxyl groups is 1. The molecule has 0 amide bonds. The van der Waals surface area contributed by atoms with E-state index in [2.05, 4.69) is 38.3 Å². The molecule has 0 heterocycles. The molecule has 1 atom stereocenters. The summed E-state index contributed by atoms with van der Waals surface area (Å²) in [6.07, 6.45) is 5.93. The smallest absolute Gasteiger partial charge is 0.191 e. The zero-order valence-electron chi connectivity index (χ0n) is 15.9. The van der Waals surface area contributed by atoms with Crippen molar-refractivity contribution in [3.8, 4) is 0 Å². The maximum absolute atomic E-state index is 9.99. The molecule has 3 N–H and O–H groups in total. The zero-order chi connectivity index (χ0) is 17.1. The van der Waals surface area contributed by atoms with Crippen LogP contribution in [-0.2, 0) is 4.74 Å². The molecule has 0 spiro atoms. The number of nitrogens with zero attached hydrogens (tertiary/aromatic N) is 1. The van der Waals surface area contributed by atoms with E-state index in [-0.39, 0.29) is 24.0 Å². The third kappa shape index (κ3) is 9.42. The fourth-order valence-electron chi connectivity index (χ4n) is 3.05. The Labute approximate surface area is 165 Å². The fraction of sp³-hybridized carbons (Fsp3) is 0.944. The van der Waals surface area contributed by atoms with Crippen molar-refractivity contribution in [3.63, 3.8) is 0 Å². The molecule has 24 heavy (non-hydrogen) atoms. The van der Waals surface area contributed by atoms with Crippen molar-refractivity contribution >= 4 is 29.9 Å². The van der Waals surface area contributed by atoms with E-state index in [1.54, 1.807) is 0 Å². The van der Waals surface area contributed by atoms with E-state index in [9.17, 15) is 5.11 Å². The molecule has 1 unspecified atom stereocenters. The van der Waals surface area contributed by atoms with Crippen LogP contribution in [0.15, 0.2) is 4.99 Å².